The molecule has 9 aromatic carbocycles. The van der Waals surface area contributed by atoms with Crippen molar-refractivity contribution in [3.8, 4) is 27.9 Å². The minimum absolute atomic E-state index is 0.192. The normalized spacial score (nSPS) is 13.0. The van der Waals surface area contributed by atoms with Gasteiger partial charge in [0.15, 0.2) is 0 Å². The molecule has 0 bridgehead atoms. The average molecular weight is 755 g/mol. The van der Waals surface area contributed by atoms with Crippen LogP contribution in [0.3, 0.4) is 0 Å². The predicted molar refractivity (Wildman–Crippen MR) is 251 cm³/mol. The molecule has 59 heavy (non-hydrogen) atoms. The standard InChI is InChI=1S/C57H42N2/c1-57(2)53-38-44(30-33-49(53)51-34-35-52-50-20-12-13-21-54(50)59(56(52)55(51)57)47-18-10-5-11-19-47)43-29-28-41-36-40(24-27-42(41)37-43)23-22-39-25-31-48(32-26-39)58(45-14-6-3-7-15-45)46-16-8-4-9-17-46/h3-38H,1-2H3. The van der Waals surface area contributed by atoms with E-state index in [2.05, 4.69) is 242 Å². The number of hydrogen-bond acceptors (Lipinski definition) is 1. The Morgan fingerprint density at radius 3 is 1.75 bits per heavy atom. The summed E-state index contributed by atoms with van der Waals surface area (Å²) in [4.78, 5) is 2.29. The Kier molecular flexibility index (Phi) is 8.20. The van der Waals surface area contributed by atoms with E-state index in [1.807, 2.05) is 0 Å². The lowest BCUT2D eigenvalue weighted by molar-refractivity contribution is 0.664. The van der Waals surface area contributed by atoms with E-state index in [-0.39, 0.29) is 5.41 Å². The van der Waals surface area contributed by atoms with Crippen molar-refractivity contribution >= 4 is 61.8 Å². The molecule has 0 amide bonds. The quantitative estimate of drug-likeness (QED) is 0.147. The third-order valence-corrected chi connectivity index (χ3v) is 12.3. The first-order valence-corrected chi connectivity index (χ1v) is 20.5. The van der Waals surface area contributed by atoms with Crippen molar-refractivity contribution in [1.29, 1.82) is 0 Å². The smallest absolute Gasteiger partial charge is 0.0588 e. The van der Waals surface area contributed by atoms with Crippen LogP contribution in [0.2, 0.25) is 0 Å². The van der Waals surface area contributed by atoms with Crippen LogP contribution in [0.15, 0.2) is 206 Å². The van der Waals surface area contributed by atoms with E-state index in [1.54, 1.807) is 0 Å². The van der Waals surface area contributed by atoms with Crippen LogP contribution in [0.5, 0.6) is 0 Å². The molecule has 0 N–H and O–H groups in total. The number of fused-ring (bicyclic) bond motifs is 8. The molecule has 0 atom stereocenters. The van der Waals surface area contributed by atoms with Gasteiger partial charge in [-0.2, -0.15) is 0 Å². The van der Waals surface area contributed by atoms with E-state index in [1.165, 1.54) is 77.2 Å². The molecule has 1 aliphatic carbocycles. The number of para-hydroxylation sites is 4. The molecular weight excluding hydrogens is 713 g/mol. The van der Waals surface area contributed by atoms with E-state index >= 15 is 0 Å². The summed E-state index contributed by atoms with van der Waals surface area (Å²) in [5.41, 5.74) is 17.2. The minimum Gasteiger partial charge on any atom is -0.311 e. The highest BCUT2D eigenvalue weighted by Gasteiger charge is 2.39. The van der Waals surface area contributed by atoms with Gasteiger partial charge < -0.3 is 9.47 Å². The zero-order valence-corrected chi connectivity index (χ0v) is 33.2. The van der Waals surface area contributed by atoms with Gasteiger partial charge in [-0.3, -0.25) is 0 Å². The SMILES string of the molecule is CC1(C)c2cc(-c3ccc4cc(C=Cc5ccc(N(c6ccccc6)c6ccccc6)cc5)ccc4c3)ccc2-c2ccc3c4ccccc4n(-c4ccccc4)c3c21. The number of benzene rings is 9. The number of aromatic nitrogens is 1. The lowest BCUT2D eigenvalue weighted by atomic mass is 9.80. The fourth-order valence-corrected chi connectivity index (χ4v) is 9.45. The molecule has 1 aliphatic rings. The van der Waals surface area contributed by atoms with E-state index in [4.69, 9.17) is 0 Å². The van der Waals surface area contributed by atoms with E-state index in [9.17, 15) is 0 Å². The molecule has 10 aromatic rings. The van der Waals surface area contributed by atoms with Crippen LogP contribution in [0.25, 0.3) is 72.7 Å². The lowest BCUT2D eigenvalue weighted by Gasteiger charge is -2.25. The number of nitrogens with zero attached hydrogens (tertiary/aromatic N) is 2. The van der Waals surface area contributed by atoms with Gasteiger partial charge in [-0.15, -0.1) is 0 Å². The molecule has 11 rings (SSSR count). The number of hydrogen-bond donors (Lipinski definition) is 0. The fraction of sp³-hybridized carbons (Fsp3) is 0.0526. The van der Waals surface area contributed by atoms with E-state index in [0.29, 0.717) is 0 Å². The first-order chi connectivity index (χ1) is 29.0. The summed E-state index contributed by atoms with van der Waals surface area (Å²) in [6, 6.07) is 75.0. The van der Waals surface area contributed by atoms with Gasteiger partial charge in [0.05, 0.1) is 11.0 Å². The largest absolute Gasteiger partial charge is 0.311 e. The van der Waals surface area contributed by atoms with Gasteiger partial charge in [0, 0.05) is 38.9 Å². The van der Waals surface area contributed by atoms with Crippen LogP contribution in [0.1, 0.15) is 36.1 Å². The lowest BCUT2D eigenvalue weighted by Crippen LogP contribution is -2.16. The molecule has 0 radical (unpaired) electrons. The van der Waals surface area contributed by atoms with Crippen molar-refractivity contribution in [1.82, 2.24) is 4.57 Å². The van der Waals surface area contributed by atoms with Crippen molar-refractivity contribution in [3.63, 3.8) is 0 Å². The van der Waals surface area contributed by atoms with Gasteiger partial charge in [-0.1, -0.05) is 159 Å². The summed E-state index contributed by atoms with van der Waals surface area (Å²) in [6.45, 7) is 4.81. The van der Waals surface area contributed by atoms with Gasteiger partial charge in [0.2, 0.25) is 0 Å². The van der Waals surface area contributed by atoms with Crippen LogP contribution in [-0.4, -0.2) is 4.57 Å². The molecule has 2 heteroatoms. The summed E-state index contributed by atoms with van der Waals surface area (Å²) in [5, 5.41) is 5.07. The molecule has 280 valence electrons. The monoisotopic (exact) mass is 754 g/mol. The summed E-state index contributed by atoms with van der Waals surface area (Å²) in [5.74, 6) is 0. The summed E-state index contributed by atoms with van der Waals surface area (Å²) < 4.78 is 2.48. The summed E-state index contributed by atoms with van der Waals surface area (Å²) in [6.07, 6.45) is 4.41. The third-order valence-electron chi connectivity index (χ3n) is 12.3. The minimum atomic E-state index is -0.192. The first-order valence-electron chi connectivity index (χ1n) is 20.5. The molecule has 0 spiro atoms. The summed E-state index contributed by atoms with van der Waals surface area (Å²) in [7, 11) is 0. The first kappa shape index (κ1) is 34.8. The zero-order chi connectivity index (χ0) is 39.5. The van der Waals surface area contributed by atoms with Crippen molar-refractivity contribution in [2.45, 2.75) is 19.3 Å². The molecule has 1 heterocycles. The second kappa shape index (κ2) is 13.9. The molecule has 0 unspecified atom stereocenters. The Labute approximate surface area is 345 Å². The molecule has 0 saturated heterocycles. The fourth-order valence-electron chi connectivity index (χ4n) is 9.45. The molecular formula is C57H42N2. The van der Waals surface area contributed by atoms with E-state index in [0.717, 1.165) is 22.6 Å². The van der Waals surface area contributed by atoms with Crippen LogP contribution >= 0.6 is 0 Å². The number of rotatable bonds is 7. The number of anilines is 3. The molecule has 0 aliphatic heterocycles. The Balaban J connectivity index is 0.887. The van der Waals surface area contributed by atoms with Gasteiger partial charge in [0.25, 0.3) is 0 Å². The summed E-state index contributed by atoms with van der Waals surface area (Å²) >= 11 is 0. The average Bonchev–Trinajstić information content (AvgIpc) is 3.75. The van der Waals surface area contributed by atoms with Crippen molar-refractivity contribution in [2.75, 3.05) is 4.90 Å². The molecule has 0 fully saturated rings. The predicted octanol–water partition coefficient (Wildman–Crippen LogP) is 15.6. The maximum atomic E-state index is 2.48. The van der Waals surface area contributed by atoms with Crippen molar-refractivity contribution in [3.05, 3.63) is 229 Å². The van der Waals surface area contributed by atoms with Crippen molar-refractivity contribution in [2.24, 2.45) is 0 Å². The molecule has 0 saturated carbocycles. The zero-order valence-electron chi connectivity index (χ0n) is 33.2. The highest BCUT2D eigenvalue weighted by molar-refractivity contribution is 6.13. The topological polar surface area (TPSA) is 8.17 Å². The van der Waals surface area contributed by atoms with Gasteiger partial charge in [-0.25, -0.2) is 0 Å². The second-order valence-corrected chi connectivity index (χ2v) is 16.2. The van der Waals surface area contributed by atoms with Gasteiger partial charge in [-0.05, 0) is 128 Å². The molecule has 2 nitrogen and oxygen atoms in total. The Bertz CT molecular complexity index is 3170. The van der Waals surface area contributed by atoms with Gasteiger partial charge in [0.1, 0.15) is 0 Å². The Morgan fingerprint density at radius 1 is 0.441 bits per heavy atom. The second-order valence-electron chi connectivity index (χ2n) is 16.2. The molecule has 1 aromatic heterocycles. The third kappa shape index (κ3) is 5.87. The highest BCUT2D eigenvalue weighted by atomic mass is 15.1. The van der Waals surface area contributed by atoms with Crippen LogP contribution < -0.4 is 4.90 Å². The van der Waals surface area contributed by atoms with Crippen LogP contribution in [0, 0.1) is 0 Å². The van der Waals surface area contributed by atoms with Crippen molar-refractivity contribution < 1.29 is 0 Å². The van der Waals surface area contributed by atoms with Crippen LogP contribution in [0.4, 0.5) is 17.1 Å². The maximum Gasteiger partial charge on any atom is 0.0588 e. The van der Waals surface area contributed by atoms with E-state index < -0.39 is 0 Å². The Hall–Kier alpha value is -7.42. The van der Waals surface area contributed by atoms with Gasteiger partial charge >= 0.3 is 0 Å². The Morgan fingerprint density at radius 2 is 1.00 bits per heavy atom. The van der Waals surface area contributed by atoms with Crippen LogP contribution in [-0.2, 0) is 5.41 Å². The maximum absolute atomic E-state index is 2.48. The highest BCUT2D eigenvalue weighted by Crippen LogP contribution is 2.53.